The number of hydrogen-bond acceptors (Lipinski definition) is 4. The van der Waals surface area contributed by atoms with Gasteiger partial charge < -0.3 is 4.90 Å². The minimum atomic E-state index is -3.35. The van der Waals surface area contributed by atoms with Crippen molar-refractivity contribution in [3.8, 4) is 6.07 Å². The number of rotatable bonds is 7. The van der Waals surface area contributed by atoms with Gasteiger partial charge >= 0.3 is 0 Å². The molecule has 0 saturated carbocycles. The molecule has 1 aromatic carbocycles. The van der Waals surface area contributed by atoms with Crippen molar-refractivity contribution in [3.05, 3.63) is 35.4 Å². The van der Waals surface area contributed by atoms with Gasteiger partial charge in [-0.2, -0.15) is 5.26 Å². The first-order valence-electron chi connectivity index (χ1n) is 6.46. The van der Waals surface area contributed by atoms with Crippen LogP contribution in [0.2, 0.25) is 0 Å². The lowest BCUT2D eigenvalue weighted by Crippen LogP contribution is -2.35. The Balaban J connectivity index is 2.58. The van der Waals surface area contributed by atoms with Crippen LogP contribution in [-0.4, -0.2) is 40.0 Å². The average Bonchev–Trinajstić information content (AvgIpc) is 2.36. The predicted molar refractivity (Wildman–Crippen MR) is 79.5 cm³/mol. The third kappa shape index (κ3) is 6.15. The predicted octanol–water partition coefficient (Wildman–Crippen LogP) is 1.32. The highest BCUT2D eigenvalue weighted by atomic mass is 32.2. The summed E-state index contributed by atoms with van der Waals surface area (Å²) in [6.07, 6.45) is 0.763. The Morgan fingerprint density at radius 2 is 1.90 bits per heavy atom. The van der Waals surface area contributed by atoms with E-state index in [1.165, 1.54) is 0 Å². The van der Waals surface area contributed by atoms with Crippen molar-refractivity contribution in [1.82, 2.24) is 9.62 Å². The highest BCUT2D eigenvalue weighted by Crippen LogP contribution is 2.08. The van der Waals surface area contributed by atoms with E-state index in [0.29, 0.717) is 11.1 Å². The van der Waals surface area contributed by atoms with E-state index >= 15 is 0 Å². The van der Waals surface area contributed by atoms with Crippen molar-refractivity contribution in [3.63, 3.8) is 0 Å². The number of nitriles is 1. The molecule has 20 heavy (non-hydrogen) atoms. The zero-order valence-electron chi connectivity index (χ0n) is 12.1. The zero-order chi connectivity index (χ0) is 15.2. The molecule has 1 rings (SSSR count). The van der Waals surface area contributed by atoms with E-state index in [0.717, 1.165) is 13.0 Å². The van der Waals surface area contributed by atoms with Crippen molar-refractivity contribution in [2.24, 2.45) is 0 Å². The lowest BCUT2D eigenvalue weighted by Gasteiger charge is -2.16. The molecule has 0 aromatic heterocycles. The first kappa shape index (κ1) is 16.6. The Hall–Kier alpha value is -1.42. The molecule has 6 heteroatoms. The quantitative estimate of drug-likeness (QED) is 0.823. The summed E-state index contributed by atoms with van der Waals surface area (Å²) < 4.78 is 26.7. The summed E-state index contributed by atoms with van der Waals surface area (Å²) in [5.74, 6) is -0.0645. The zero-order valence-corrected chi connectivity index (χ0v) is 12.9. The molecule has 5 nitrogen and oxygen atoms in total. The summed E-state index contributed by atoms with van der Waals surface area (Å²) in [6.45, 7) is 2.69. The van der Waals surface area contributed by atoms with Gasteiger partial charge in [0.15, 0.2) is 0 Å². The van der Waals surface area contributed by atoms with E-state index in [-0.39, 0.29) is 11.8 Å². The van der Waals surface area contributed by atoms with E-state index in [1.54, 1.807) is 24.3 Å². The van der Waals surface area contributed by atoms with Crippen LogP contribution in [0.15, 0.2) is 24.3 Å². The minimum absolute atomic E-state index is 0.0645. The molecular weight excluding hydrogens is 274 g/mol. The lowest BCUT2D eigenvalue weighted by molar-refractivity contribution is 0.379. The molecule has 0 aliphatic rings. The molecule has 1 unspecified atom stereocenters. The van der Waals surface area contributed by atoms with E-state index in [1.807, 2.05) is 32.0 Å². The van der Waals surface area contributed by atoms with Crippen LogP contribution in [-0.2, 0) is 15.8 Å². The monoisotopic (exact) mass is 295 g/mol. The van der Waals surface area contributed by atoms with E-state index < -0.39 is 10.0 Å². The van der Waals surface area contributed by atoms with Crippen LogP contribution in [0.5, 0.6) is 0 Å². The van der Waals surface area contributed by atoms with Gasteiger partial charge in [-0.05, 0) is 51.7 Å². The Kier molecular flexibility index (Phi) is 6.14. The topological polar surface area (TPSA) is 73.2 Å². The van der Waals surface area contributed by atoms with Gasteiger partial charge in [-0.15, -0.1) is 0 Å². The molecule has 0 amide bonds. The van der Waals surface area contributed by atoms with Gasteiger partial charge in [-0.3, -0.25) is 0 Å². The van der Waals surface area contributed by atoms with E-state index in [9.17, 15) is 8.42 Å². The molecular formula is C14H21N3O2S. The lowest BCUT2D eigenvalue weighted by atomic mass is 10.2. The fourth-order valence-corrected chi connectivity index (χ4v) is 3.20. The van der Waals surface area contributed by atoms with Crippen LogP contribution < -0.4 is 4.72 Å². The smallest absolute Gasteiger partial charge is 0.216 e. The maximum atomic E-state index is 12.0. The van der Waals surface area contributed by atoms with Crippen LogP contribution in [0.1, 0.15) is 24.5 Å². The average molecular weight is 295 g/mol. The van der Waals surface area contributed by atoms with Crippen molar-refractivity contribution < 1.29 is 8.42 Å². The fourth-order valence-electron chi connectivity index (χ4n) is 1.75. The summed E-state index contributed by atoms with van der Waals surface area (Å²) in [5, 5.41) is 8.70. The summed E-state index contributed by atoms with van der Waals surface area (Å²) in [6, 6.07) is 8.50. The second-order valence-corrected chi connectivity index (χ2v) is 6.93. The molecule has 0 fully saturated rings. The number of nitrogens with zero attached hydrogens (tertiary/aromatic N) is 2. The maximum Gasteiger partial charge on any atom is 0.216 e. The van der Waals surface area contributed by atoms with E-state index in [4.69, 9.17) is 5.26 Å². The number of nitrogens with one attached hydrogen (secondary N) is 1. The molecule has 0 spiro atoms. The molecule has 1 atom stereocenters. The third-order valence-electron chi connectivity index (χ3n) is 2.83. The minimum Gasteiger partial charge on any atom is -0.309 e. The number of hydrogen-bond donors (Lipinski definition) is 1. The molecule has 0 radical (unpaired) electrons. The van der Waals surface area contributed by atoms with Crippen LogP contribution >= 0.6 is 0 Å². The van der Waals surface area contributed by atoms with Crippen LogP contribution in [0.4, 0.5) is 0 Å². The summed E-state index contributed by atoms with van der Waals surface area (Å²) in [7, 11) is 0.560. The number of benzene rings is 1. The molecule has 0 heterocycles. The molecule has 1 N–H and O–H groups in total. The SMILES string of the molecule is CC(CCN(C)C)NS(=O)(=O)Cc1ccc(C#N)cc1. The second-order valence-electron chi connectivity index (χ2n) is 5.18. The number of sulfonamides is 1. The van der Waals surface area contributed by atoms with Gasteiger partial charge in [0.2, 0.25) is 10.0 Å². The Morgan fingerprint density at radius 3 is 2.40 bits per heavy atom. The van der Waals surface area contributed by atoms with Gasteiger partial charge in [0.25, 0.3) is 0 Å². The highest BCUT2D eigenvalue weighted by molar-refractivity contribution is 7.88. The molecule has 0 aliphatic carbocycles. The summed E-state index contributed by atoms with van der Waals surface area (Å²) >= 11 is 0. The van der Waals surface area contributed by atoms with Gasteiger partial charge in [0, 0.05) is 6.04 Å². The van der Waals surface area contributed by atoms with E-state index in [2.05, 4.69) is 4.72 Å². The summed E-state index contributed by atoms with van der Waals surface area (Å²) in [4.78, 5) is 2.02. The molecule has 1 aromatic rings. The fraction of sp³-hybridized carbons (Fsp3) is 0.500. The molecule has 0 saturated heterocycles. The summed E-state index contributed by atoms with van der Waals surface area (Å²) in [5.41, 5.74) is 1.20. The Morgan fingerprint density at radius 1 is 1.30 bits per heavy atom. The van der Waals surface area contributed by atoms with Gasteiger partial charge in [0.1, 0.15) is 0 Å². The van der Waals surface area contributed by atoms with Gasteiger partial charge in [-0.1, -0.05) is 12.1 Å². The van der Waals surface area contributed by atoms with Crippen LogP contribution in [0.3, 0.4) is 0 Å². The molecule has 0 bridgehead atoms. The van der Waals surface area contributed by atoms with Gasteiger partial charge in [-0.25, -0.2) is 13.1 Å². The third-order valence-corrected chi connectivity index (χ3v) is 4.30. The van der Waals surface area contributed by atoms with Crippen LogP contribution in [0.25, 0.3) is 0 Å². The largest absolute Gasteiger partial charge is 0.309 e. The molecule has 110 valence electrons. The Bertz CT molecular complexity index is 559. The maximum absolute atomic E-state index is 12.0. The molecule has 0 aliphatic heterocycles. The van der Waals surface area contributed by atoms with Crippen molar-refractivity contribution >= 4 is 10.0 Å². The van der Waals surface area contributed by atoms with Gasteiger partial charge in [0.05, 0.1) is 17.4 Å². The van der Waals surface area contributed by atoms with Crippen molar-refractivity contribution in [2.45, 2.75) is 25.1 Å². The Labute approximate surface area is 121 Å². The normalized spacial score (nSPS) is 13.2. The standard InChI is InChI=1S/C14H21N3O2S/c1-12(8-9-17(2)3)16-20(18,19)11-14-6-4-13(10-15)5-7-14/h4-7,12,16H,8-9,11H2,1-3H3. The van der Waals surface area contributed by atoms with Crippen molar-refractivity contribution in [1.29, 1.82) is 5.26 Å². The first-order chi connectivity index (χ1) is 9.32. The first-order valence-corrected chi connectivity index (χ1v) is 8.11. The highest BCUT2D eigenvalue weighted by Gasteiger charge is 2.15. The van der Waals surface area contributed by atoms with Crippen LogP contribution in [0, 0.1) is 11.3 Å². The second kappa shape index (κ2) is 7.39. The van der Waals surface area contributed by atoms with Crippen molar-refractivity contribution in [2.75, 3.05) is 20.6 Å².